The van der Waals surface area contributed by atoms with Gasteiger partial charge in [-0.15, -0.1) is 0 Å². The Morgan fingerprint density at radius 2 is 1.89 bits per heavy atom. The first-order valence-corrected chi connectivity index (χ1v) is 6.24. The fourth-order valence-electron chi connectivity index (χ4n) is 1.93. The molecule has 0 bridgehead atoms. The number of hydrogen-bond acceptors (Lipinski definition) is 4. The minimum Gasteiger partial charge on any atom is -0.497 e. The molecule has 0 heterocycles. The zero-order chi connectivity index (χ0) is 13.4. The van der Waals surface area contributed by atoms with Gasteiger partial charge in [0.2, 0.25) is 0 Å². The lowest BCUT2D eigenvalue weighted by atomic mass is 10.0. The van der Waals surface area contributed by atoms with Gasteiger partial charge in [-0.25, -0.2) is 0 Å². The van der Waals surface area contributed by atoms with Crippen molar-refractivity contribution in [3.05, 3.63) is 29.8 Å². The van der Waals surface area contributed by atoms with Crippen molar-refractivity contribution >= 4 is 0 Å². The van der Waals surface area contributed by atoms with Crippen LogP contribution in [0, 0.1) is 0 Å². The lowest BCUT2D eigenvalue weighted by Gasteiger charge is -2.23. The van der Waals surface area contributed by atoms with Crippen molar-refractivity contribution in [1.82, 2.24) is 5.32 Å². The van der Waals surface area contributed by atoms with Crippen molar-refractivity contribution in [2.45, 2.75) is 25.4 Å². The largest absolute Gasteiger partial charge is 0.497 e. The van der Waals surface area contributed by atoms with Crippen LogP contribution in [0.3, 0.4) is 0 Å². The summed E-state index contributed by atoms with van der Waals surface area (Å²) in [6.07, 6.45) is 0.951. The van der Waals surface area contributed by atoms with Crippen LogP contribution < -0.4 is 10.1 Å². The highest BCUT2D eigenvalue weighted by atomic mass is 16.5. The fourth-order valence-corrected chi connectivity index (χ4v) is 1.93. The number of nitrogens with one attached hydrogen (secondary N) is 1. The standard InChI is InChI=1S/C14H23NO3/c1-4-14(15-12(9-16)10-17-2)11-5-7-13(18-3)8-6-11/h5-8,12,14-16H,4,9-10H2,1-3H3. The molecular weight excluding hydrogens is 230 g/mol. The van der Waals surface area contributed by atoms with Crippen LogP contribution in [0.4, 0.5) is 0 Å². The molecule has 2 atom stereocenters. The van der Waals surface area contributed by atoms with Gasteiger partial charge in [-0.1, -0.05) is 19.1 Å². The van der Waals surface area contributed by atoms with E-state index in [0.717, 1.165) is 12.2 Å². The Bertz CT molecular complexity index is 326. The first-order chi connectivity index (χ1) is 8.74. The summed E-state index contributed by atoms with van der Waals surface area (Å²) < 4.78 is 10.2. The molecule has 1 rings (SSSR count). The zero-order valence-corrected chi connectivity index (χ0v) is 11.3. The molecule has 0 aliphatic carbocycles. The molecule has 0 saturated heterocycles. The van der Waals surface area contributed by atoms with E-state index in [1.165, 1.54) is 5.56 Å². The number of ether oxygens (including phenoxy) is 2. The van der Waals surface area contributed by atoms with Crippen molar-refractivity contribution < 1.29 is 14.6 Å². The molecule has 0 saturated carbocycles. The summed E-state index contributed by atoms with van der Waals surface area (Å²) in [5.74, 6) is 0.851. The molecule has 1 aromatic rings. The van der Waals surface area contributed by atoms with Crippen molar-refractivity contribution in [3.8, 4) is 5.75 Å². The van der Waals surface area contributed by atoms with Gasteiger partial charge in [-0.3, -0.25) is 0 Å². The summed E-state index contributed by atoms with van der Waals surface area (Å²) in [6.45, 7) is 2.69. The lowest BCUT2D eigenvalue weighted by Crippen LogP contribution is -2.38. The Morgan fingerprint density at radius 1 is 1.22 bits per heavy atom. The van der Waals surface area contributed by atoms with E-state index >= 15 is 0 Å². The third-order valence-electron chi connectivity index (χ3n) is 2.95. The van der Waals surface area contributed by atoms with Crippen LogP contribution in [0.15, 0.2) is 24.3 Å². The second-order valence-corrected chi connectivity index (χ2v) is 4.24. The third kappa shape index (κ3) is 4.29. The predicted octanol–water partition coefficient (Wildman–Crippen LogP) is 1.74. The van der Waals surface area contributed by atoms with E-state index in [4.69, 9.17) is 9.47 Å². The average molecular weight is 253 g/mol. The molecule has 0 fully saturated rings. The van der Waals surface area contributed by atoms with Gasteiger partial charge in [-0.05, 0) is 24.1 Å². The Labute approximate surface area is 109 Å². The molecule has 102 valence electrons. The maximum absolute atomic E-state index is 9.27. The fraction of sp³-hybridized carbons (Fsp3) is 0.571. The van der Waals surface area contributed by atoms with Crippen LogP contribution >= 0.6 is 0 Å². The minimum atomic E-state index is -0.0398. The van der Waals surface area contributed by atoms with Gasteiger partial charge >= 0.3 is 0 Å². The number of rotatable bonds is 8. The second kappa shape index (κ2) is 8.08. The van der Waals surface area contributed by atoms with Gasteiger partial charge in [0.25, 0.3) is 0 Å². The number of benzene rings is 1. The molecule has 18 heavy (non-hydrogen) atoms. The van der Waals surface area contributed by atoms with Crippen LogP contribution in [-0.4, -0.2) is 38.6 Å². The molecule has 2 N–H and O–H groups in total. The molecular formula is C14H23NO3. The van der Waals surface area contributed by atoms with Crippen LogP contribution in [0.25, 0.3) is 0 Å². The molecule has 2 unspecified atom stereocenters. The number of methoxy groups -OCH3 is 2. The molecule has 4 heteroatoms. The summed E-state index contributed by atoms with van der Waals surface area (Å²) in [5.41, 5.74) is 1.19. The molecule has 0 radical (unpaired) electrons. The topological polar surface area (TPSA) is 50.7 Å². The van der Waals surface area contributed by atoms with Crippen molar-refractivity contribution in [2.75, 3.05) is 27.4 Å². The van der Waals surface area contributed by atoms with Crippen molar-refractivity contribution in [2.24, 2.45) is 0 Å². The molecule has 0 spiro atoms. The molecule has 0 aromatic heterocycles. The summed E-state index contributed by atoms with van der Waals surface area (Å²) in [5, 5.41) is 12.7. The van der Waals surface area contributed by atoms with Crippen molar-refractivity contribution in [1.29, 1.82) is 0 Å². The Balaban J connectivity index is 2.68. The van der Waals surface area contributed by atoms with E-state index in [0.29, 0.717) is 6.61 Å². The molecule has 0 amide bonds. The number of hydrogen-bond donors (Lipinski definition) is 2. The lowest BCUT2D eigenvalue weighted by molar-refractivity contribution is 0.121. The van der Waals surface area contributed by atoms with Crippen LogP contribution in [0.1, 0.15) is 24.9 Å². The van der Waals surface area contributed by atoms with Gasteiger partial charge in [0, 0.05) is 13.2 Å². The SMILES string of the molecule is CCC(NC(CO)COC)c1ccc(OC)cc1. The van der Waals surface area contributed by atoms with Gasteiger partial charge in [0.05, 0.1) is 26.4 Å². The van der Waals surface area contributed by atoms with Crippen LogP contribution in [0.2, 0.25) is 0 Å². The van der Waals surface area contributed by atoms with E-state index in [9.17, 15) is 5.11 Å². The Hall–Kier alpha value is -1.10. The normalized spacial score (nSPS) is 14.2. The molecule has 0 aliphatic heterocycles. The zero-order valence-electron chi connectivity index (χ0n) is 11.3. The Morgan fingerprint density at radius 3 is 2.33 bits per heavy atom. The quantitative estimate of drug-likeness (QED) is 0.741. The third-order valence-corrected chi connectivity index (χ3v) is 2.95. The van der Waals surface area contributed by atoms with E-state index in [1.807, 2.05) is 24.3 Å². The van der Waals surface area contributed by atoms with E-state index in [-0.39, 0.29) is 18.7 Å². The van der Waals surface area contributed by atoms with Crippen LogP contribution in [0.5, 0.6) is 5.75 Å². The first-order valence-electron chi connectivity index (χ1n) is 6.24. The van der Waals surface area contributed by atoms with Crippen molar-refractivity contribution in [3.63, 3.8) is 0 Å². The predicted molar refractivity (Wildman–Crippen MR) is 71.9 cm³/mol. The molecule has 0 aliphatic rings. The van der Waals surface area contributed by atoms with Gasteiger partial charge in [0.15, 0.2) is 0 Å². The molecule has 4 nitrogen and oxygen atoms in total. The number of aliphatic hydroxyl groups is 1. The number of aliphatic hydroxyl groups excluding tert-OH is 1. The summed E-state index contributed by atoms with van der Waals surface area (Å²) in [6, 6.07) is 8.15. The average Bonchev–Trinajstić information content (AvgIpc) is 2.43. The van der Waals surface area contributed by atoms with E-state index in [2.05, 4.69) is 12.2 Å². The van der Waals surface area contributed by atoms with Crippen LogP contribution in [-0.2, 0) is 4.74 Å². The highest BCUT2D eigenvalue weighted by Crippen LogP contribution is 2.20. The summed E-state index contributed by atoms with van der Waals surface area (Å²) in [4.78, 5) is 0. The highest BCUT2D eigenvalue weighted by molar-refractivity contribution is 5.29. The van der Waals surface area contributed by atoms with E-state index in [1.54, 1.807) is 14.2 Å². The van der Waals surface area contributed by atoms with Gasteiger partial charge in [0.1, 0.15) is 5.75 Å². The minimum absolute atomic E-state index is 0.0398. The van der Waals surface area contributed by atoms with Gasteiger partial charge < -0.3 is 19.9 Å². The Kier molecular flexibility index (Phi) is 6.72. The maximum Gasteiger partial charge on any atom is 0.118 e. The van der Waals surface area contributed by atoms with E-state index < -0.39 is 0 Å². The second-order valence-electron chi connectivity index (χ2n) is 4.24. The first kappa shape index (κ1) is 15.0. The highest BCUT2D eigenvalue weighted by Gasteiger charge is 2.14. The maximum atomic E-state index is 9.27. The van der Waals surface area contributed by atoms with Gasteiger partial charge in [-0.2, -0.15) is 0 Å². The molecule has 1 aromatic carbocycles. The summed E-state index contributed by atoms with van der Waals surface area (Å²) in [7, 11) is 3.30. The summed E-state index contributed by atoms with van der Waals surface area (Å²) >= 11 is 0. The smallest absolute Gasteiger partial charge is 0.118 e. The monoisotopic (exact) mass is 253 g/mol.